The van der Waals surface area contributed by atoms with Crippen LogP contribution < -0.4 is 15.3 Å². The zero-order valence-corrected chi connectivity index (χ0v) is 21.2. The Balaban J connectivity index is 0.00000408. The molecule has 2 aromatic heterocycles. The molecule has 0 amide bonds. The molecule has 0 aliphatic carbocycles. The van der Waals surface area contributed by atoms with Crippen LogP contribution in [0, 0.1) is 0 Å². The molecule has 13 heteroatoms. The van der Waals surface area contributed by atoms with Crippen LogP contribution in [0.25, 0.3) is 11.2 Å². The fraction of sp³-hybridized carbons (Fsp3) is 0.429. The maximum Gasteiger partial charge on any atom is 0.342 e. The van der Waals surface area contributed by atoms with Crippen LogP contribution in [0.3, 0.4) is 0 Å². The van der Waals surface area contributed by atoms with Gasteiger partial charge in [0.25, 0.3) is 0 Å². The minimum atomic E-state index is -3.64. The third kappa shape index (κ3) is 7.39. The fourth-order valence-electron chi connectivity index (χ4n) is 3.01. The van der Waals surface area contributed by atoms with E-state index in [4.69, 9.17) is 19.7 Å². The number of ether oxygens (including phenoxy) is 2. The van der Waals surface area contributed by atoms with E-state index in [2.05, 4.69) is 20.0 Å². The fourth-order valence-corrected chi connectivity index (χ4v) is 4.80. The molecule has 0 radical (unpaired) electrons. The highest BCUT2D eigenvalue weighted by atomic mass is 35.5. The van der Waals surface area contributed by atoms with Crippen molar-refractivity contribution in [3.63, 3.8) is 0 Å². The van der Waals surface area contributed by atoms with Gasteiger partial charge in [-0.15, -0.1) is 12.4 Å². The van der Waals surface area contributed by atoms with Gasteiger partial charge in [0.05, 0.1) is 25.1 Å². The molecule has 11 nitrogen and oxygen atoms in total. The normalized spacial score (nSPS) is 14.7. The molecule has 0 aliphatic rings. The summed E-state index contributed by atoms with van der Waals surface area (Å²) >= 11 is 0. The number of nitrogens with two attached hydrogens (primary N) is 1. The second kappa shape index (κ2) is 12.1. The second-order valence-electron chi connectivity index (χ2n) is 7.85. The lowest BCUT2D eigenvalue weighted by Gasteiger charge is -2.25. The quantitative estimate of drug-likeness (QED) is 0.289. The average molecular weight is 513 g/mol. The van der Waals surface area contributed by atoms with Crippen molar-refractivity contribution in [1.82, 2.24) is 24.6 Å². The summed E-state index contributed by atoms with van der Waals surface area (Å²) in [6.07, 6.45) is 2.01. The number of rotatable bonds is 11. The van der Waals surface area contributed by atoms with Crippen molar-refractivity contribution in [3.8, 4) is 5.75 Å². The predicted molar refractivity (Wildman–Crippen MR) is 131 cm³/mol. The van der Waals surface area contributed by atoms with E-state index in [1.165, 1.54) is 6.33 Å². The third-order valence-electron chi connectivity index (χ3n) is 4.50. The lowest BCUT2D eigenvalue weighted by Crippen LogP contribution is -2.37. The Labute approximate surface area is 204 Å². The number of imidazole rings is 1. The number of hydrogen-bond donors (Lipinski definition) is 2. The summed E-state index contributed by atoms with van der Waals surface area (Å²) in [6.45, 7) is 7.25. The lowest BCUT2D eigenvalue weighted by molar-refractivity contribution is -0.149. The van der Waals surface area contributed by atoms with Gasteiger partial charge in [0, 0.05) is 0 Å². The summed E-state index contributed by atoms with van der Waals surface area (Å²) < 4.78 is 32.2. The largest absolute Gasteiger partial charge is 0.462 e. The van der Waals surface area contributed by atoms with Gasteiger partial charge in [-0.3, -0.25) is 9.36 Å². The summed E-state index contributed by atoms with van der Waals surface area (Å²) in [6, 6.07) is 7.83. The molecule has 0 fully saturated rings. The van der Waals surface area contributed by atoms with Crippen LogP contribution in [0.15, 0.2) is 43.0 Å². The maximum absolute atomic E-state index is 13.6. The molecule has 0 unspecified atom stereocenters. The second-order valence-corrected chi connectivity index (χ2v) is 9.89. The molecule has 3 aromatic rings. The number of nitrogen functional groups attached to an aromatic ring is 1. The number of anilines is 1. The van der Waals surface area contributed by atoms with Crippen molar-refractivity contribution in [3.05, 3.63) is 43.0 Å². The van der Waals surface area contributed by atoms with E-state index in [1.807, 2.05) is 13.0 Å². The molecule has 34 heavy (non-hydrogen) atoms. The van der Waals surface area contributed by atoms with E-state index in [0.29, 0.717) is 29.3 Å². The lowest BCUT2D eigenvalue weighted by atomic mass is 10.3. The number of esters is 1. The molecule has 0 spiro atoms. The van der Waals surface area contributed by atoms with Crippen molar-refractivity contribution < 1.29 is 23.4 Å². The summed E-state index contributed by atoms with van der Waals surface area (Å²) in [7, 11) is -3.64. The zero-order chi connectivity index (χ0) is 24.0. The molecule has 0 aliphatic heterocycles. The van der Waals surface area contributed by atoms with Crippen molar-refractivity contribution in [2.75, 3.05) is 12.1 Å². The number of aromatic nitrogens is 4. The van der Waals surface area contributed by atoms with E-state index in [9.17, 15) is 9.36 Å². The first-order valence-corrected chi connectivity index (χ1v) is 12.3. The Bertz CT molecular complexity index is 1130. The number of para-hydroxylation sites is 1. The van der Waals surface area contributed by atoms with Crippen molar-refractivity contribution >= 4 is 42.9 Å². The number of nitrogens with one attached hydrogen (secondary N) is 1. The summed E-state index contributed by atoms with van der Waals surface area (Å²) in [5.74, 6) is 0.151. The maximum atomic E-state index is 13.6. The topological polar surface area (TPSA) is 143 Å². The molecule has 0 saturated heterocycles. The standard InChI is InChI=1S/C21H29N6O5P.ClH/c1-14(2)31-21(28)16(4)26-33(29,32-17-8-6-5-7-9-17)13-30-15(3)10-27-12-25-18-19(22)23-11-24-20(18)27;/h5-9,11-12,14-16H,10,13H2,1-4H3,(H,26,29)(H2,22,23,24);1H/t15-,16+,33+;/m1./s1. The molecule has 3 N–H and O–H groups in total. The number of carbonyl (C=O) groups is 1. The molecule has 0 bridgehead atoms. The number of benzene rings is 1. The van der Waals surface area contributed by atoms with Gasteiger partial charge in [0.15, 0.2) is 11.5 Å². The molecule has 2 heterocycles. The van der Waals surface area contributed by atoms with E-state index >= 15 is 0 Å². The first kappa shape index (κ1) is 27.5. The van der Waals surface area contributed by atoms with Gasteiger partial charge in [-0.05, 0) is 39.8 Å². The molecule has 186 valence electrons. The van der Waals surface area contributed by atoms with Gasteiger partial charge in [-0.1, -0.05) is 18.2 Å². The number of halogens is 1. The summed E-state index contributed by atoms with van der Waals surface area (Å²) in [5.41, 5.74) is 6.91. The predicted octanol–water partition coefficient (Wildman–Crippen LogP) is 3.39. The number of nitrogens with zero attached hydrogens (tertiary/aromatic N) is 4. The van der Waals surface area contributed by atoms with Crippen LogP contribution in [0.2, 0.25) is 0 Å². The van der Waals surface area contributed by atoms with Gasteiger partial charge in [-0.25, -0.2) is 20.0 Å². The highest BCUT2D eigenvalue weighted by molar-refractivity contribution is 7.57. The smallest absolute Gasteiger partial charge is 0.342 e. The van der Waals surface area contributed by atoms with Gasteiger partial charge < -0.3 is 24.3 Å². The summed E-state index contributed by atoms with van der Waals surface area (Å²) in [5, 5.41) is 2.78. The average Bonchev–Trinajstić information content (AvgIpc) is 3.16. The molecule has 3 rings (SSSR count). The number of fused-ring (bicyclic) bond motifs is 1. The van der Waals surface area contributed by atoms with Gasteiger partial charge >= 0.3 is 13.5 Å². The zero-order valence-electron chi connectivity index (χ0n) is 19.5. The first-order chi connectivity index (χ1) is 15.7. The molecular weight excluding hydrogens is 483 g/mol. The van der Waals surface area contributed by atoms with Crippen molar-refractivity contribution in [1.29, 1.82) is 0 Å². The Morgan fingerprint density at radius 2 is 1.85 bits per heavy atom. The SMILES string of the molecule is CC(C)OC(=O)[C@H](C)N[P@](=O)(CO[C@H](C)Cn1cnc2c(N)ncnc21)Oc1ccccc1.Cl. The van der Waals surface area contributed by atoms with Crippen LogP contribution in [0.1, 0.15) is 27.7 Å². The highest BCUT2D eigenvalue weighted by Crippen LogP contribution is 2.44. The molecule has 0 saturated carbocycles. The first-order valence-electron chi connectivity index (χ1n) is 10.5. The molecular formula is C21H30ClN6O5P. The Morgan fingerprint density at radius 1 is 1.15 bits per heavy atom. The van der Waals surface area contributed by atoms with E-state index in [1.54, 1.807) is 55.9 Å². The third-order valence-corrected chi connectivity index (χ3v) is 6.28. The molecule has 1 aromatic carbocycles. The van der Waals surface area contributed by atoms with Crippen LogP contribution in [-0.2, 0) is 25.4 Å². The van der Waals surface area contributed by atoms with Crippen LogP contribution in [0.5, 0.6) is 5.75 Å². The van der Waals surface area contributed by atoms with Gasteiger partial charge in [0.1, 0.15) is 30.0 Å². The van der Waals surface area contributed by atoms with E-state index in [-0.39, 0.29) is 31.0 Å². The summed E-state index contributed by atoms with van der Waals surface area (Å²) in [4.78, 5) is 24.6. The van der Waals surface area contributed by atoms with Crippen LogP contribution >= 0.6 is 19.9 Å². The van der Waals surface area contributed by atoms with Gasteiger partial charge in [0.2, 0.25) is 0 Å². The Kier molecular flexibility index (Phi) is 9.81. The van der Waals surface area contributed by atoms with Crippen LogP contribution in [-0.4, -0.2) is 50.1 Å². The van der Waals surface area contributed by atoms with Crippen molar-refractivity contribution in [2.24, 2.45) is 0 Å². The van der Waals surface area contributed by atoms with Gasteiger partial charge in [-0.2, -0.15) is 0 Å². The minimum absolute atomic E-state index is 0. The highest BCUT2D eigenvalue weighted by Gasteiger charge is 2.32. The monoisotopic (exact) mass is 512 g/mol. The molecule has 3 atom stereocenters. The van der Waals surface area contributed by atoms with E-state index in [0.717, 1.165) is 0 Å². The Morgan fingerprint density at radius 3 is 2.53 bits per heavy atom. The Hall–Kier alpha value is -2.72. The van der Waals surface area contributed by atoms with Crippen molar-refractivity contribution in [2.45, 2.75) is 52.5 Å². The van der Waals surface area contributed by atoms with Crippen LogP contribution in [0.4, 0.5) is 5.82 Å². The number of carbonyl (C=O) groups excluding carboxylic acids is 1. The minimum Gasteiger partial charge on any atom is -0.462 e. The number of hydrogen-bond acceptors (Lipinski definition) is 9. The van der Waals surface area contributed by atoms with E-state index < -0.39 is 19.5 Å².